The van der Waals surface area contributed by atoms with Crippen LogP contribution < -0.4 is 4.90 Å². The molecule has 0 heterocycles. The number of hydrogen-bond donors (Lipinski definition) is 0. The van der Waals surface area contributed by atoms with Crippen molar-refractivity contribution < 1.29 is 0 Å². The lowest BCUT2D eigenvalue weighted by molar-refractivity contribution is 0.593. The van der Waals surface area contributed by atoms with Crippen LogP contribution in [0.2, 0.25) is 0 Å². The number of benzene rings is 8. The fraction of sp³-hybridized carbons (Fsp3) is 0.186. The molecular formula is C59H53N. The Morgan fingerprint density at radius 1 is 0.350 bits per heavy atom. The first-order valence-electron chi connectivity index (χ1n) is 21.5. The van der Waals surface area contributed by atoms with E-state index < -0.39 is 0 Å². The van der Waals surface area contributed by atoms with Crippen molar-refractivity contribution in [2.45, 2.75) is 71.6 Å². The maximum atomic E-state index is 2.50. The number of nitrogens with zero attached hydrogens (tertiary/aromatic N) is 1. The van der Waals surface area contributed by atoms with Gasteiger partial charge in [-0.15, -0.1) is 0 Å². The molecule has 0 fully saturated rings. The highest BCUT2D eigenvalue weighted by Gasteiger charge is 2.38. The molecule has 0 radical (unpaired) electrons. The van der Waals surface area contributed by atoms with Crippen molar-refractivity contribution in [3.05, 3.63) is 209 Å². The standard InChI is InChI=1S/C59H53N/c1-38-22-28-43(29-23-38)60(44-30-24-40(25-31-44)39-16-10-9-11-17-39)45-36-50(41-26-32-48-46-18-12-14-20-52(46)58(5,6)54(48)34-41)56(57(2,3)4)51(37-45)42-27-33-49-47-19-13-15-21-53(47)59(7,8)55(49)35-42/h9-37H,1-8H3. The highest BCUT2D eigenvalue weighted by atomic mass is 15.1. The van der Waals surface area contributed by atoms with Crippen molar-refractivity contribution in [2.75, 3.05) is 4.90 Å². The van der Waals surface area contributed by atoms with E-state index in [0.29, 0.717) is 0 Å². The summed E-state index contributed by atoms with van der Waals surface area (Å²) < 4.78 is 0. The molecule has 0 saturated carbocycles. The predicted octanol–water partition coefficient (Wildman–Crippen LogP) is 16.4. The summed E-state index contributed by atoms with van der Waals surface area (Å²) in [6.07, 6.45) is 0. The van der Waals surface area contributed by atoms with Gasteiger partial charge in [0.05, 0.1) is 0 Å². The number of hydrogen-bond acceptors (Lipinski definition) is 1. The molecule has 1 nitrogen and oxygen atoms in total. The highest BCUT2D eigenvalue weighted by Crippen LogP contribution is 2.54. The fourth-order valence-corrected chi connectivity index (χ4v) is 10.3. The molecule has 8 aromatic carbocycles. The number of aryl methyl sites for hydroxylation is 1. The zero-order chi connectivity index (χ0) is 41.6. The first-order chi connectivity index (χ1) is 28.8. The third kappa shape index (κ3) is 6.05. The fourth-order valence-electron chi connectivity index (χ4n) is 10.3. The summed E-state index contributed by atoms with van der Waals surface area (Å²) in [7, 11) is 0. The predicted molar refractivity (Wildman–Crippen MR) is 256 cm³/mol. The summed E-state index contributed by atoms with van der Waals surface area (Å²) in [5.41, 5.74) is 24.0. The smallest absolute Gasteiger partial charge is 0.0474 e. The summed E-state index contributed by atoms with van der Waals surface area (Å²) in [6.45, 7) is 18.9. The Balaban J connectivity index is 1.24. The third-order valence-corrected chi connectivity index (χ3v) is 13.4. The highest BCUT2D eigenvalue weighted by molar-refractivity contribution is 5.92. The van der Waals surface area contributed by atoms with E-state index in [2.05, 4.69) is 236 Å². The molecule has 1 heteroatoms. The average molecular weight is 776 g/mol. The summed E-state index contributed by atoms with van der Waals surface area (Å²) >= 11 is 0. The molecule has 0 N–H and O–H groups in total. The second kappa shape index (κ2) is 13.8. The number of anilines is 3. The monoisotopic (exact) mass is 775 g/mol. The van der Waals surface area contributed by atoms with Gasteiger partial charge in [-0.25, -0.2) is 0 Å². The molecular weight excluding hydrogens is 723 g/mol. The Labute approximate surface area is 357 Å². The molecule has 10 rings (SSSR count). The van der Waals surface area contributed by atoms with E-state index in [4.69, 9.17) is 0 Å². The zero-order valence-electron chi connectivity index (χ0n) is 36.2. The molecule has 0 bridgehead atoms. The second-order valence-corrected chi connectivity index (χ2v) is 19.1. The van der Waals surface area contributed by atoms with Crippen LogP contribution in [0.5, 0.6) is 0 Å². The van der Waals surface area contributed by atoms with Crippen LogP contribution in [-0.2, 0) is 16.2 Å². The molecule has 0 aromatic heterocycles. The summed E-state index contributed by atoms with van der Waals surface area (Å²) in [5.74, 6) is 0. The van der Waals surface area contributed by atoms with E-state index in [1.165, 1.54) is 89.0 Å². The molecule has 2 aliphatic carbocycles. The quantitative estimate of drug-likeness (QED) is 0.163. The van der Waals surface area contributed by atoms with Crippen molar-refractivity contribution in [3.63, 3.8) is 0 Å². The Bertz CT molecular complexity index is 2810. The zero-order valence-corrected chi connectivity index (χ0v) is 36.2. The SMILES string of the molecule is Cc1ccc(N(c2ccc(-c3ccccc3)cc2)c2cc(-c3ccc4c(c3)C(C)(C)c3ccccc3-4)c(C(C)(C)C)c(-c3ccc4c(c3)C(C)(C)c3ccccc3-4)c2)cc1. The van der Waals surface area contributed by atoms with Crippen LogP contribution in [0, 0.1) is 6.92 Å². The molecule has 2 aliphatic rings. The van der Waals surface area contributed by atoms with E-state index in [9.17, 15) is 0 Å². The lowest BCUT2D eigenvalue weighted by atomic mass is 9.75. The Morgan fingerprint density at radius 2 is 0.750 bits per heavy atom. The molecule has 0 atom stereocenters. The van der Waals surface area contributed by atoms with Gasteiger partial charge in [0.15, 0.2) is 0 Å². The Hall–Kier alpha value is -6.44. The minimum Gasteiger partial charge on any atom is -0.310 e. The van der Waals surface area contributed by atoms with Gasteiger partial charge in [0.25, 0.3) is 0 Å². The summed E-state index contributed by atoms with van der Waals surface area (Å²) in [5, 5.41) is 0. The maximum absolute atomic E-state index is 2.50. The van der Waals surface area contributed by atoms with Crippen LogP contribution in [0.3, 0.4) is 0 Å². The minimum atomic E-state index is -0.176. The molecule has 0 saturated heterocycles. The first-order valence-corrected chi connectivity index (χ1v) is 21.5. The Morgan fingerprint density at radius 3 is 1.23 bits per heavy atom. The van der Waals surface area contributed by atoms with Crippen LogP contribution in [-0.4, -0.2) is 0 Å². The summed E-state index contributed by atoms with van der Waals surface area (Å²) in [4.78, 5) is 2.45. The lowest BCUT2D eigenvalue weighted by Gasteiger charge is -2.32. The van der Waals surface area contributed by atoms with Gasteiger partial charge in [0.1, 0.15) is 0 Å². The number of fused-ring (bicyclic) bond motifs is 6. The van der Waals surface area contributed by atoms with Crippen LogP contribution >= 0.6 is 0 Å². The van der Waals surface area contributed by atoms with E-state index in [-0.39, 0.29) is 16.2 Å². The van der Waals surface area contributed by atoms with Crippen molar-refractivity contribution >= 4 is 17.1 Å². The van der Waals surface area contributed by atoms with Gasteiger partial charge in [-0.1, -0.05) is 181 Å². The van der Waals surface area contributed by atoms with Gasteiger partial charge in [-0.05, 0) is 144 Å². The number of rotatable bonds is 6. The van der Waals surface area contributed by atoms with Crippen molar-refractivity contribution in [3.8, 4) is 55.6 Å². The molecule has 0 amide bonds. The molecule has 0 aliphatic heterocycles. The van der Waals surface area contributed by atoms with Gasteiger partial charge in [0.2, 0.25) is 0 Å². The van der Waals surface area contributed by atoms with E-state index in [1.54, 1.807) is 0 Å². The molecule has 294 valence electrons. The molecule has 8 aromatic rings. The molecule has 0 spiro atoms. The van der Waals surface area contributed by atoms with Gasteiger partial charge >= 0.3 is 0 Å². The summed E-state index contributed by atoms with van der Waals surface area (Å²) in [6, 6.07) is 66.1. The molecule has 0 unspecified atom stereocenters. The Kier molecular flexibility index (Phi) is 8.71. The topological polar surface area (TPSA) is 3.24 Å². The van der Waals surface area contributed by atoms with Crippen molar-refractivity contribution in [2.24, 2.45) is 0 Å². The minimum absolute atomic E-state index is 0.112. The van der Waals surface area contributed by atoms with Gasteiger partial charge in [-0.3, -0.25) is 0 Å². The maximum Gasteiger partial charge on any atom is 0.0474 e. The van der Waals surface area contributed by atoms with Crippen LogP contribution in [0.1, 0.15) is 81.8 Å². The largest absolute Gasteiger partial charge is 0.310 e. The van der Waals surface area contributed by atoms with Crippen LogP contribution in [0.15, 0.2) is 176 Å². The van der Waals surface area contributed by atoms with Gasteiger partial charge < -0.3 is 4.90 Å². The van der Waals surface area contributed by atoms with E-state index in [1.807, 2.05) is 0 Å². The first kappa shape index (κ1) is 37.8. The van der Waals surface area contributed by atoms with E-state index in [0.717, 1.165) is 17.1 Å². The van der Waals surface area contributed by atoms with Gasteiger partial charge in [0, 0.05) is 27.9 Å². The van der Waals surface area contributed by atoms with Crippen LogP contribution in [0.25, 0.3) is 55.6 Å². The average Bonchev–Trinajstić information content (AvgIpc) is 3.63. The second-order valence-electron chi connectivity index (χ2n) is 19.1. The van der Waals surface area contributed by atoms with Crippen molar-refractivity contribution in [1.29, 1.82) is 0 Å². The lowest BCUT2D eigenvalue weighted by Crippen LogP contribution is -2.18. The van der Waals surface area contributed by atoms with Gasteiger partial charge in [-0.2, -0.15) is 0 Å². The van der Waals surface area contributed by atoms with Crippen molar-refractivity contribution in [1.82, 2.24) is 0 Å². The van der Waals surface area contributed by atoms with Crippen LogP contribution in [0.4, 0.5) is 17.1 Å². The molecule has 60 heavy (non-hydrogen) atoms. The third-order valence-electron chi connectivity index (χ3n) is 13.4. The van der Waals surface area contributed by atoms with E-state index >= 15 is 0 Å². The normalized spacial score (nSPS) is 14.3.